The molecule has 0 aliphatic rings. The van der Waals surface area contributed by atoms with Gasteiger partial charge in [0.15, 0.2) is 0 Å². The Morgan fingerprint density at radius 2 is 1.78 bits per heavy atom. The van der Waals surface area contributed by atoms with Gasteiger partial charge in [-0.1, -0.05) is 19.9 Å². The van der Waals surface area contributed by atoms with Crippen LogP contribution in [0.4, 0.5) is 0 Å². The summed E-state index contributed by atoms with van der Waals surface area (Å²) in [5, 5.41) is 3.22. The number of aromatic nitrogens is 2. The van der Waals surface area contributed by atoms with E-state index in [2.05, 4.69) is 32.8 Å². The fourth-order valence-electron chi connectivity index (χ4n) is 2.15. The third kappa shape index (κ3) is 2.01. The second-order valence-electron chi connectivity index (χ2n) is 5.21. The standard InChI is InChI=1S/C15H20N2O/c1-9(2)14-12(5)15(18)17(16-14)13-7-6-10(3)11(4)8-13/h6-9,16H,1-5H3. The quantitative estimate of drug-likeness (QED) is 0.865. The van der Waals surface area contributed by atoms with Crippen LogP contribution in [0, 0.1) is 20.8 Å². The van der Waals surface area contributed by atoms with Crippen LogP contribution in [0.3, 0.4) is 0 Å². The van der Waals surface area contributed by atoms with Crippen LogP contribution in [0.25, 0.3) is 5.69 Å². The van der Waals surface area contributed by atoms with Crippen LogP contribution in [0.15, 0.2) is 23.0 Å². The molecule has 0 aliphatic heterocycles. The first-order valence-corrected chi connectivity index (χ1v) is 6.31. The van der Waals surface area contributed by atoms with Crippen molar-refractivity contribution in [3.63, 3.8) is 0 Å². The molecule has 0 radical (unpaired) electrons. The molecule has 2 rings (SSSR count). The lowest BCUT2D eigenvalue weighted by Gasteiger charge is -2.06. The highest BCUT2D eigenvalue weighted by Gasteiger charge is 2.13. The zero-order valence-corrected chi connectivity index (χ0v) is 11.7. The number of hydrogen-bond donors (Lipinski definition) is 1. The van der Waals surface area contributed by atoms with E-state index in [0.29, 0.717) is 5.92 Å². The SMILES string of the molecule is Cc1ccc(-n2[nH]c(C(C)C)c(C)c2=O)cc1C. The first kappa shape index (κ1) is 12.7. The molecule has 96 valence electrons. The first-order chi connectivity index (χ1) is 8.41. The van der Waals surface area contributed by atoms with Crippen molar-refractivity contribution in [1.29, 1.82) is 0 Å². The van der Waals surface area contributed by atoms with Crippen molar-refractivity contribution < 1.29 is 0 Å². The summed E-state index contributed by atoms with van der Waals surface area (Å²) in [6.45, 7) is 10.2. The molecule has 1 aromatic carbocycles. The van der Waals surface area contributed by atoms with Crippen LogP contribution < -0.4 is 5.56 Å². The molecule has 3 nitrogen and oxygen atoms in total. The first-order valence-electron chi connectivity index (χ1n) is 6.31. The Morgan fingerprint density at radius 1 is 1.11 bits per heavy atom. The number of nitrogens with one attached hydrogen (secondary N) is 1. The van der Waals surface area contributed by atoms with Crippen molar-refractivity contribution in [3.8, 4) is 5.69 Å². The van der Waals surface area contributed by atoms with Crippen molar-refractivity contribution in [3.05, 3.63) is 50.9 Å². The normalized spacial score (nSPS) is 11.2. The molecule has 0 spiro atoms. The largest absolute Gasteiger partial charge is 0.294 e. The lowest BCUT2D eigenvalue weighted by atomic mass is 10.1. The number of hydrogen-bond acceptors (Lipinski definition) is 1. The Labute approximate surface area is 107 Å². The van der Waals surface area contributed by atoms with E-state index in [4.69, 9.17) is 0 Å². The van der Waals surface area contributed by atoms with Gasteiger partial charge in [0.05, 0.1) is 5.69 Å². The van der Waals surface area contributed by atoms with E-state index < -0.39 is 0 Å². The molecule has 0 saturated heterocycles. The molecule has 0 unspecified atom stereocenters. The molecule has 1 aromatic heterocycles. The van der Waals surface area contributed by atoms with Gasteiger partial charge in [0, 0.05) is 11.3 Å². The third-order valence-electron chi connectivity index (χ3n) is 3.49. The van der Waals surface area contributed by atoms with Gasteiger partial charge < -0.3 is 0 Å². The van der Waals surface area contributed by atoms with Gasteiger partial charge in [0.2, 0.25) is 0 Å². The summed E-state index contributed by atoms with van der Waals surface area (Å²) in [6.07, 6.45) is 0. The second kappa shape index (κ2) is 4.48. The number of aryl methyl sites for hydroxylation is 2. The molecular weight excluding hydrogens is 224 g/mol. The van der Waals surface area contributed by atoms with Gasteiger partial charge in [-0.05, 0) is 49.9 Å². The summed E-state index contributed by atoms with van der Waals surface area (Å²) < 4.78 is 1.64. The Kier molecular flexibility index (Phi) is 3.16. The molecule has 1 N–H and O–H groups in total. The van der Waals surface area contributed by atoms with E-state index in [-0.39, 0.29) is 5.56 Å². The fourth-order valence-corrected chi connectivity index (χ4v) is 2.15. The van der Waals surface area contributed by atoms with Crippen LogP contribution in [-0.2, 0) is 0 Å². The number of H-pyrrole nitrogens is 1. The molecule has 0 amide bonds. The highest BCUT2D eigenvalue weighted by molar-refractivity contribution is 5.40. The Bertz CT molecular complexity index is 632. The van der Waals surface area contributed by atoms with E-state index in [1.165, 1.54) is 11.1 Å². The van der Waals surface area contributed by atoms with Crippen LogP contribution in [0.2, 0.25) is 0 Å². The zero-order chi connectivity index (χ0) is 13.4. The lowest BCUT2D eigenvalue weighted by molar-refractivity contribution is 0.758. The average Bonchev–Trinajstić information content (AvgIpc) is 2.60. The summed E-state index contributed by atoms with van der Waals surface area (Å²) >= 11 is 0. The molecule has 0 atom stereocenters. The van der Waals surface area contributed by atoms with Crippen molar-refractivity contribution in [2.75, 3.05) is 0 Å². The number of rotatable bonds is 2. The predicted octanol–water partition coefficient (Wildman–Crippen LogP) is 3.21. The molecule has 0 aliphatic carbocycles. The summed E-state index contributed by atoms with van der Waals surface area (Å²) in [6, 6.07) is 6.06. The molecular formula is C15H20N2O. The fraction of sp³-hybridized carbons (Fsp3) is 0.400. The summed E-state index contributed by atoms with van der Waals surface area (Å²) in [4.78, 5) is 12.2. The van der Waals surface area contributed by atoms with Crippen LogP contribution in [0.1, 0.15) is 42.1 Å². The van der Waals surface area contributed by atoms with E-state index in [9.17, 15) is 4.79 Å². The summed E-state index contributed by atoms with van der Waals surface area (Å²) in [5.41, 5.74) is 5.19. The Hall–Kier alpha value is -1.77. The highest BCUT2D eigenvalue weighted by Crippen LogP contribution is 2.17. The van der Waals surface area contributed by atoms with Crippen LogP contribution in [0.5, 0.6) is 0 Å². The molecule has 18 heavy (non-hydrogen) atoms. The molecule has 2 aromatic rings. The molecule has 1 heterocycles. The van der Waals surface area contributed by atoms with Crippen molar-refractivity contribution in [2.24, 2.45) is 0 Å². The smallest absolute Gasteiger partial charge is 0.274 e. The van der Waals surface area contributed by atoms with Gasteiger partial charge in [-0.2, -0.15) is 0 Å². The Morgan fingerprint density at radius 3 is 2.28 bits per heavy atom. The van der Waals surface area contributed by atoms with Crippen LogP contribution in [-0.4, -0.2) is 9.78 Å². The predicted molar refractivity (Wildman–Crippen MR) is 74.7 cm³/mol. The number of nitrogens with zero attached hydrogens (tertiary/aromatic N) is 1. The minimum atomic E-state index is 0.0435. The van der Waals surface area contributed by atoms with Gasteiger partial charge in [-0.15, -0.1) is 0 Å². The van der Waals surface area contributed by atoms with Crippen molar-refractivity contribution >= 4 is 0 Å². The number of aromatic amines is 1. The maximum absolute atomic E-state index is 12.2. The summed E-state index contributed by atoms with van der Waals surface area (Å²) in [7, 11) is 0. The van der Waals surface area contributed by atoms with E-state index in [0.717, 1.165) is 16.9 Å². The average molecular weight is 244 g/mol. The van der Waals surface area contributed by atoms with Gasteiger partial charge >= 0.3 is 0 Å². The molecule has 0 bridgehead atoms. The zero-order valence-electron chi connectivity index (χ0n) is 11.7. The topological polar surface area (TPSA) is 37.8 Å². The van der Waals surface area contributed by atoms with E-state index in [1.807, 2.05) is 25.1 Å². The second-order valence-corrected chi connectivity index (χ2v) is 5.21. The Balaban J connectivity index is 2.61. The van der Waals surface area contributed by atoms with E-state index in [1.54, 1.807) is 4.68 Å². The third-order valence-corrected chi connectivity index (χ3v) is 3.49. The maximum atomic E-state index is 12.2. The molecule has 0 saturated carbocycles. The lowest BCUT2D eigenvalue weighted by Crippen LogP contribution is -2.15. The maximum Gasteiger partial charge on any atom is 0.274 e. The van der Waals surface area contributed by atoms with Gasteiger partial charge in [-0.3, -0.25) is 9.89 Å². The number of benzene rings is 1. The van der Waals surface area contributed by atoms with Gasteiger partial charge in [0.25, 0.3) is 5.56 Å². The van der Waals surface area contributed by atoms with Gasteiger partial charge in [0.1, 0.15) is 0 Å². The monoisotopic (exact) mass is 244 g/mol. The van der Waals surface area contributed by atoms with Crippen molar-refractivity contribution in [2.45, 2.75) is 40.5 Å². The highest BCUT2D eigenvalue weighted by atomic mass is 16.1. The van der Waals surface area contributed by atoms with Crippen molar-refractivity contribution in [1.82, 2.24) is 9.78 Å². The minimum absolute atomic E-state index is 0.0435. The van der Waals surface area contributed by atoms with E-state index >= 15 is 0 Å². The van der Waals surface area contributed by atoms with Gasteiger partial charge in [-0.25, -0.2) is 4.68 Å². The summed E-state index contributed by atoms with van der Waals surface area (Å²) in [5.74, 6) is 0.325. The van der Waals surface area contributed by atoms with Crippen LogP contribution >= 0.6 is 0 Å². The molecule has 0 fully saturated rings. The molecule has 3 heteroatoms. The minimum Gasteiger partial charge on any atom is -0.294 e.